The van der Waals surface area contributed by atoms with E-state index in [0.717, 1.165) is 5.56 Å². The lowest BCUT2D eigenvalue weighted by Gasteiger charge is -2.12. The van der Waals surface area contributed by atoms with Crippen molar-refractivity contribution in [2.75, 3.05) is 12.4 Å². The average molecular weight is 230 g/mol. The Morgan fingerprint density at radius 2 is 2.07 bits per heavy atom. The normalized spacial score (nSPS) is 11.5. The Morgan fingerprint density at radius 1 is 1.47 bits per heavy atom. The van der Waals surface area contributed by atoms with Gasteiger partial charge in [-0.3, -0.25) is 4.55 Å². The van der Waals surface area contributed by atoms with Gasteiger partial charge in [0.1, 0.15) is 4.90 Å². The van der Waals surface area contributed by atoms with Crippen LogP contribution in [0.4, 0.5) is 5.69 Å². The summed E-state index contributed by atoms with van der Waals surface area (Å²) in [5, 5.41) is 2.73. The van der Waals surface area contributed by atoms with E-state index in [9.17, 15) is 8.42 Å². The van der Waals surface area contributed by atoms with E-state index in [2.05, 4.69) is 5.32 Å². The summed E-state index contributed by atoms with van der Waals surface area (Å²) in [6.07, 6.45) is 0. The molecule has 1 rings (SSSR count). The summed E-state index contributed by atoms with van der Waals surface area (Å²) in [4.78, 5) is -0.134. The number of aryl methyl sites for hydroxylation is 1. The SMILES string of the molecule is CNc1c(CN)cc(C)cc1S(=O)(=O)O. The van der Waals surface area contributed by atoms with E-state index in [1.165, 1.54) is 6.07 Å². The Morgan fingerprint density at radius 3 is 2.47 bits per heavy atom. The van der Waals surface area contributed by atoms with E-state index in [4.69, 9.17) is 10.3 Å². The first-order valence-corrected chi connectivity index (χ1v) is 5.83. The Bertz CT molecular complexity index is 468. The van der Waals surface area contributed by atoms with Gasteiger partial charge < -0.3 is 11.1 Å². The molecule has 6 heteroatoms. The van der Waals surface area contributed by atoms with Gasteiger partial charge in [0.25, 0.3) is 10.1 Å². The molecule has 4 N–H and O–H groups in total. The van der Waals surface area contributed by atoms with Crippen LogP contribution >= 0.6 is 0 Å². The second kappa shape index (κ2) is 4.18. The van der Waals surface area contributed by atoms with Crippen LogP contribution in [0, 0.1) is 6.92 Å². The summed E-state index contributed by atoms with van der Waals surface area (Å²) in [5.74, 6) is 0. The molecule has 84 valence electrons. The number of anilines is 1. The molecule has 0 spiro atoms. The van der Waals surface area contributed by atoms with Gasteiger partial charge >= 0.3 is 0 Å². The molecule has 0 saturated heterocycles. The standard InChI is InChI=1S/C9H14N2O3S/c1-6-3-7(5-10)9(11-2)8(4-6)15(12,13)14/h3-4,11H,5,10H2,1-2H3,(H,12,13,14). The molecule has 0 aromatic heterocycles. The van der Waals surface area contributed by atoms with Gasteiger partial charge in [0.2, 0.25) is 0 Å². The number of benzene rings is 1. The van der Waals surface area contributed by atoms with E-state index in [-0.39, 0.29) is 11.4 Å². The maximum Gasteiger partial charge on any atom is 0.296 e. The summed E-state index contributed by atoms with van der Waals surface area (Å²) < 4.78 is 31.3. The zero-order chi connectivity index (χ0) is 11.6. The molecule has 0 aliphatic heterocycles. The molecular weight excluding hydrogens is 216 g/mol. The lowest BCUT2D eigenvalue weighted by molar-refractivity contribution is 0.483. The largest absolute Gasteiger partial charge is 0.387 e. The molecule has 5 nitrogen and oxygen atoms in total. The fourth-order valence-corrected chi connectivity index (χ4v) is 2.30. The van der Waals surface area contributed by atoms with Crippen LogP contribution in [0.5, 0.6) is 0 Å². The number of nitrogens with two attached hydrogens (primary N) is 1. The first-order chi connectivity index (χ1) is 6.90. The molecular formula is C9H14N2O3S. The second-order valence-corrected chi connectivity index (χ2v) is 4.62. The highest BCUT2D eigenvalue weighted by atomic mass is 32.2. The lowest BCUT2D eigenvalue weighted by Crippen LogP contribution is -2.09. The summed E-state index contributed by atoms with van der Waals surface area (Å²) in [5.41, 5.74) is 7.24. The summed E-state index contributed by atoms with van der Waals surface area (Å²) in [7, 11) is -2.64. The maximum atomic E-state index is 11.1. The smallest absolute Gasteiger partial charge is 0.296 e. The van der Waals surface area contributed by atoms with Crippen LogP contribution in [-0.2, 0) is 16.7 Å². The highest BCUT2D eigenvalue weighted by molar-refractivity contribution is 7.86. The van der Waals surface area contributed by atoms with Gasteiger partial charge in [0.15, 0.2) is 0 Å². The molecule has 0 aliphatic rings. The van der Waals surface area contributed by atoms with Crippen LogP contribution in [0.1, 0.15) is 11.1 Å². The number of nitrogens with one attached hydrogen (secondary N) is 1. The maximum absolute atomic E-state index is 11.1. The first kappa shape index (κ1) is 12.0. The predicted molar refractivity (Wildman–Crippen MR) is 58.4 cm³/mol. The van der Waals surface area contributed by atoms with Crippen LogP contribution in [0.25, 0.3) is 0 Å². The molecule has 0 saturated carbocycles. The third-order valence-electron chi connectivity index (χ3n) is 2.08. The van der Waals surface area contributed by atoms with Crippen molar-refractivity contribution in [3.63, 3.8) is 0 Å². The molecule has 0 atom stereocenters. The highest BCUT2D eigenvalue weighted by Gasteiger charge is 2.17. The molecule has 0 radical (unpaired) electrons. The van der Waals surface area contributed by atoms with Crippen LogP contribution < -0.4 is 11.1 Å². The molecule has 15 heavy (non-hydrogen) atoms. The molecule has 0 aliphatic carbocycles. The molecule has 0 amide bonds. The van der Waals surface area contributed by atoms with Crippen LogP contribution in [-0.4, -0.2) is 20.0 Å². The minimum atomic E-state index is -4.22. The fraction of sp³-hybridized carbons (Fsp3) is 0.333. The van der Waals surface area contributed by atoms with Gasteiger partial charge in [-0.1, -0.05) is 6.07 Å². The average Bonchev–Trinajstić information content (AvgIpc) is 2.15. The van der Waals surface area contributed by atoms with E-state index in [1.54, 1.807) is 20.0 Å². The van der Waals surface area contributed by atoms with Crippen molar-refractivity contribution >= 4 is 15.8 Å². The van der Waals surface area contributed by atoms with E-state index in [1.807, 2.05) is 0 Å². The van der Waals surface area contributed by atoms with Crippen molar-refractivity contribution in [1.29, 1.82) is 0 Å². The zero-order valence-corrected chi connectivity index (χ0v) is 9.43. The Kier molecular flexibility index (Phi) is 3.33. The summed E-state index contributed by atoms with van der Waals surface area (Å²) >= 11 is 0. The third-order valence-corrected chi connectivity index (χ3v) is 2.95. The second-order valence-electron chi connectivity index (χ2n) is 3.23. The van der Waals surface area contributed by atoms with Crippen molar-refractivity contribution in [2.24, 2.45) is 5.73 Å². The van der Waals surface area contributed by atoms with Crippen molar-refractivity contribution in [3.8, 4) is 0 Å². The van der Waals surface area contributed by atoms with Gasteiger partial charge in [-0.2, -0.15) is 8.42 Å². The highest BCUT2D eigenvalue weighted by Crippen LogP contribution is 2.26. The minimum absolute atomic E-state index is 0.134. The van der Waals surface area contributed by atoms with Crippen LogP contribution in [0.3, 0.4) is 0 Å². The molecule has 1 aromatic carbocycles. The van der Waals surface area contributed by atoms with E-state index in [0.29, 0.717) is 11.3 Å². The topological polar surface area (TPSA) is 92.4 Å². The van der Waals surface area contributed by atoms with Gasteiger partial charge in [-0.25, -0.2) is 0 Å². The Hall–Kier alpha value is -1.11. The van der Waals surface area contributed by atoms with Crippen molar-refractivity contribution in [2.45, 2.75) is 18.4 Å². The van der Waals surface area contributed by atoms with Gasteiger partial charge in [0.05, 0.1) is 5.69 Å². The summed E-state index contributed by atoms with van der Waals surface area (Å²) in [6, 6.07) is 3.18. The molecule has 1 aromatic rings. The van der Waals surface area contributed by atoms with E-state index >= 15 is 0 Å². The summed E-state index contributed by atoms with van der Waals surface area (Å²) in [6.45, 7) is 1.95. The van der Waals surface area contributed by atoms with Gasteiger partial charge in [-0.05, 0) is 24.1 Å². The molecule has 0 fully saturated rings. The van der Waals surface area contributed by atoms with Gasteiger partial charge in [-0.15, -0.1) is 0 Å². The number of hydrogen-bond acceptors (Lipinski definition) is 4. The Balaban J connectivity index is 3.57. The predicted octanol–water partition coefficient (Wildman–Crippen LogP) is 0.742. The van der Waals surface area contributed by atoms with Crippen LogP contribution in [0.2, 0.25) is 0 Å². The van der Waals surface area contributed by atoms with Crippen molar-refractivity contribution in [3.05, 3.63) is 23.3 Å². The third kappa shape index (κ3) is 2.47. The molecule has 0 bridgehead atoms. The monoisotopic (exact) mass is 230 g/mol. The number of rotatable bonds is 3. The quantitative estimate of drug-likeness (QED) is 0.666. The molecule has 0 unspecified atom stereocenters. The van der Waals surface area contributed by atoms with Crippen molar-refractivity contribution < 1.29 is 13.0 Å². The fourth-order valence-electron chi connectivity index (χ4n) is 1.47. The molecule has 0 heterocycles. The van der Waals surface area contributed by atoms with E-state index < -0.39 is 10.1 Å². The van der Waals surface area contributed by atoms with Crippen molar-refractivity contribution in [1.82, 2.24) is 0 Å². The first-order valence-electron chi connectivity index (χ1n) is 4.39. The minimum Gasteiger partial charge on any atom is -0.387 e. The van der Waals surface area contributed by atoms with Gasteiger partial charge in [0, 0.05) is 13.6 Å². The zero-order valence-electron chi connectivity index (χ0n) is 8.61. The van der Waals surface area contributed by atoms with Crippen LogP contribution in [0.15, 0.2) is 17.0 Å². The number of hydrogen-bond donors (Lipinski definition) is 3. The lowest BCUT2D eigenvalue weighted by atomic mass is 10.1. The Labute approximate surface area is 89.0 Å².